The molecule has 0 spiro atoms. The van der Waals surface area contributed by atoms with Gasteiger partial charge >= 0.3 is 0 Å². The van der Waals surface area contributed by atoms with E-state index in [1.807, 2.05) is 51.1 Å². The Balaban J connectivity index is 2.05. The molecule has 0 saturated carbocycles. The van der Waals surface area contributed by atoms with Crippen molar-refractivity contribution in [3.63, 3.8) is 0 Å². The first-order valence-corrected chi connectivity index (χ1v) is 8.86. The van der Waals surface area contributed by atoms with Crippen LogP contribution in [0, 0.1) is 11.3 Å². The standard InChI is InChI=1S/C19H17N3O2S/c1-19(2,3)25(23)21-12-14-6-4-5-7-15(14)18-16-9-8-13(11-20)10-17(16)24-22-18/h4-10,12H,1-3H3. The van der Waals surface area contributed by atoms with E-state index in [0.29, 0.717) is 16.8 Å². The van der Waals surface area contributed by atoms with Crippen LogP contribution in [0.5, 0.6) is 0 Å². The predicted molar refractivity (Wildman–Crippen MR) is 99.6 cm³/mol. The minimum atomic E-state index is -1.33. The zero-order valence-corrected chi connectivity index (χ0v) is 15.0. The first-order valence-electron chi connectivity index (χ1n) is 7.75. The summed E-state index contributed by atoms with van der Waals surface area (Å²) in [7, 11) is 0. The second-order valence-electron chi connectivity index (χ2n) is 6.54. The maximum atomic E-state index is 12.2. The topological polar surface area (TPSA) is 85.2 Å². The van der Waals surface area contributed by atoms with Crippen LogP contribution in [0.4, 0.5) is 0 Å². The first kappa shape index (κ1) is 17.2. The van der Waals surface area contributed by atoms with Crippen molar-refractivity contribution in [2.24, 2.45) is 4.40 Å². The van der Waals surface area contributed by atoms with Gasteiger partial charge in [0, 0.05) is 22.6 Å². The van der Waals surface area contributed by atoms with Crippen LogP contribution in [0.3, 0.4) is 0 Å². The molecular formula is C19H17N3O2S. The summed E-state index contributed by atoms with van der Waals surface area (Å²) in [6.07, 6.45) is 1.61. The highest BCUT2D eigenvalue weighted by Gasteiger charge is 2.26. The number of rotatable bonds is 3. The van der Waals surface area contributed by atoms with Crippen LogP contribution < -0.4 is 0 Å². The third kappa shape index (κ3) is 3.58. The van der Waals surface area contributed by atoms with Gasteiger partial charge in [0.05, 0.1) is 17.8 Å². The fourth-order valence-corrected chi connectivity index (χ4v) is 2.81. The lowest BCUT2D eigenvalue weighted by atomic mass is 10.0. The minimum Gasteiger partial charge on any atom is -0.591 e. The lowest BCUT2D eigenvalue weighted by Crippen LogP contribution is -2.25. The summed E-state index contributed by atoms with van der Waals surface area (Å²) in [6.45, 7) is 5.64. The minimum absolute atomic E-state index is 0.417. The van der Waals surface area contributed by atoms with Crippen molar-refractivity contribution in [3.8, 4) is 17.3 Å². The predicted octanol–water partition coefficient (Wildman–Crippen LogP) is 4.25. The van der Waals surface area contributed by atoms with Gasteiger partial charge in [-0.05, 0) is 32.9 Å². The van der Waals surface area contributed by atoms with Gasteiger partial charge in [-0.2, -0.15) is 5.26 Å². The van der Waals surface area contributed by atoms with Gasteiger partial charge in [-0.3, -0.25) is 0 Å². The van der Waals surface area contributed by atoms with Gasteiger partial charge in [-0.25, -0.2) is 0 Å². The molecule has 0 bridgehead atoms. The fourth-order valence-electron chi connectivity index (χ4n) is 2.29. The van der Waals surface area contributed by atoms with Crippen LogP contribution in [0.1, 0.15) is 31.9 Å². The third-order valence-corrected chi connectivity index (χ3v) is 4.97. The maximum absolute atomic E-state index is 12.2. The molecule has 3 aromatic rings. The van der Waals surface area contributed by atoms with Crippen LogP contribution in [0.15, 0.2) is 51.4 Å². The van der Waals surface area contributed by atoms with Gasteiger partial charge < -0.3 is 9.08 Å². The van der Waals surface area contributed by atoms with Gasteiger partial charge in [0.1, 0.15) is 21.8 Å². The lowest BCUT2D eigenvalue weighted by Gasteiger charge is -2.17. The summed E-state index contributed by atoms with van der Waals surface area (Å²) < 4.78 is 21.3. The Labute approximate surface area is 149 Å². The van der Waals surface area contributed by atoms with Gasteiger partial charge in [0.2, 0.25) is 0 Å². The molecule has 0 aliphatic carbocycles. The lowest BCUT2D eigenvalue weighted by molar-refractivity contribution is 0.459. The normalized spacial score (nSPS) is 13.2. The second-order valence-corrected chi connectivity index (χ2v) is 8.47. The monoisotopic (exact) mass is 351 g/mol. The number of hydrogen-bond donors (Lipinski definition) is 0. The molecule has 1 heterocycles. The van der Waals surface area contributed by atoms with E-state index in [0.717, 1.165) is 16.5 Å². The Bertz CT molecular complexity index is 980. The largest absolute Gasteiger partial charge is 0.591 e. The molecule has 0 radical (unpaired) electrons. The number of benzene rings is 2. The molecule has 0 aliphatic rings. The van der Waals surface area contributed by atoms with Crippen molar-refractivity contribution in [1.29, 1.82) is 5.26 Å². The average molecular weight is 351 g/mol. The number of fused-ring (bicyclic) bond motifs is 1. The van der Waals surface area contributed by atoms with Crippen molar-refractivity contribution in [2.45, 2.75) is 25.5 Å². The summed E-state index contributed by atoms with van der Waals surface area (Å²) in [6, 6.07) is 14.9. The number of nitrogens with zero attached hydrogens (tertiary/aromatic N) is 3. The smallest absolute Gasteiger partial charge is 0.168 e. The number of aromatic nitrogens is 1. The van der Waals surface area contributed by atoms with Crippen LogP contribution in [0.25, 0.3) is 22.2 Å². The zero-order valence-electron chi connectivity index (χ0n) is 14.2. The Morgan fingerprint density at radius 3 is 2.72 bits per heavy atom. The van der Waals surface area contributed by atoms with Crippen molar-refractivity contribution in [2.75, 3.05) is 0 Å². The molecule has 0 fully saturated rings. The second kappa shape index (κ2) is 6.71. The van der Waals surface area contributed by atoms with Gasteiger partial charge in [-0.15, -0.1) is 0 Å². The van der Waals surface area contributed by atoms with E-state index in [-0.39, 0.29) is 0 Å². The van der Waals surface area contributed by atoms with Crippen molar-refractivity contribution in [1.82, 2.24) is 5.16 Å². The third-order valence-electron chi connectivity index (χ3n) is 3.63. The van der Waals surface area contributed by atoms with Crippen LogP contribution in [0.2, 0.25) is 0 Å². The fraction of sp³-hybridized carbons (Fsp3) is 0.211. The summed E-state index contributed by atoms with van der Waals surface area (Å²) in [4.78, 5) is 0. The SMILES string of the molecule is CC(C)(C)[S+]([O-])N=Cc1ccccc1-c1noc2cc(C#N)ccc12. The van der Waals surface area contributed by atoms with Gasteiger partial charge in [0.15, 0.2) is 5.58 Å². The van der Waals surface area contributed by atoms with Crippen molar-refractivity contribution >= 4 is 28.5 Å². The molecule has 126 valence electrons. The molecule has 1 unspecified atom stereocenters. The molecule has 1 atom stereocenters. The van der Waals surface area contributed by atoms with E-state index in [9.17, 15) is 4.55 Å². The van der Waals surface area contributed by atoms with Crippen LogP contribution in [-0.2, 0) is 11.4 Å². The molecule has 5 nitrogen and oxygen atoms in total. The highest BCUT2D eigenvalue weighted by Crippen LogP contribution is 2.30. The highest BCUT2D eigenvalue weighted by molar-refractivity contribution is 7.91. The molecule has 6 heteroatoms. The molecule has 1 aromatic heterocycles. The summed E-state index contributed by atoms with van der Waals surface area (Å²) >= 11 is -1.33. The average Bonchev–Trinajstić information content (AvgIpc) is 3.01. The van der Waals surface area contributed by atoms with E-state index < -0.39 is 16.1 Å². The van der Waals surface area contributed by atoms with Gasteiger partial charge in [0.25, 0.3) is 0 Å². The van der Waals surface area contributed by atoms with E-state index in [1.54, 1.807) is 18.3 Å². The zero-order chi connectivity index (χ0) is 18.0. The van der Waals surface area contributed by atoms with E-state index in [2.05, 4.69) is 15.6 Å². The quantitative estimate of drug-likeness (QED) is 0.521. The molecule has 0 saturated heterocycles. The van der Waals surface area contributed by atoms with Crippen molar-refractivity contribution in [3.05, 3.63) is 53.6 Å². The highest BCUT2D eigenvalue weighted by atomic mass is 32.2. The number of hydrogen-bond acceptors (Lipinski definition) is 5. The van der Waals surface area contributed by atoms with Crippen LogP contribution in [-0.4, -0.2) is 20.7 Å². The molecule has 0 aliphatic heterocycles. The first-order chi connectivity index (χ1) is 11.9. The molecule has 2 aromatic carbocycles. The van der Waals surface area contributed by atoms with Gasteiger partial charge in [-0.1, -0.05) is 33.8 Å². The Morgan fingerprint density at radius 2 is 2.00 bits per heavy atom. The van der Waals surface area contributed by atoms with Crippen LogP contribution >= 0.6 is 0 Å². The Kier molecular flexibility index (Phi) is 4.62. The number of nitriles is 1. The van der Waals surface area contributed by atoms with E-state index >= 15 is 0 Å². The molecule has 3 rings (SSSR count). The summed E-state index contributed by atoms with van der Waals surface area (Å²) in [5, 5.41) is 14.0. The maximum Gasteiger partial charge on any atom is 0.168 e. The summed E-state index contributed by atoms with van der Waals surface area (Å²) in [5.41, 5.74) is 3.38. The van der Waals surface area contributed by atoms with Crippen molar-refractivity contribution < 1.29 is 9.08 Å². The Hall–Kier alpha value is -2.62. The summed E-state index contributed by atoms with van der Waals surface area (Å²) in [5.74, 6) is 0. The molecule has 0 amide bonds. The molecular weight excluding hydrogens is 334 g/mol. The Morgan fingerprint density at radius 1 is 1.24 bits per heavy atom. The molecule has 25 heavy (non-hydrogen) atoms. The molecule has 0 N–H and O–H groups in total. The van der Waals surface area contributed by atoms with E-state index in [1.165, 1.54) is 0 Å². The van der Waals surface area contributed by atoms with E-state index in [4.69, 9.17) is 9.78 Å².